The minimum Gasteiger partial charge on any atom is -0.452 e. The fourth-order valence-electron chi connectivity index (χ4n) is 2.33. The summed E-state index contributed by atoms with van der Waals surface area (Å²) >= 11 is 0. The Kier molecular flexibility index (Phi) is 5.84. The fraction of sp³-hybridized carbons (Fsp3) is 0.444. The Hall–Kier alpha value is -2.50. The third kappa shape index (κ3) is 4.28. The van der Waals surface area contributed by atoms with Gasteiger partial charge < -0.3 is 10.1 Å². The molecule has 2 aromatic rings. The molecule has 0 saturated carbocycles. The number of hydrogen-bond acceptors (Lipinski definition) is 5. The maximum absolute atomic E-state index is 12.1. The SMILES string of the molecule is CCC(CC)NC(=O)COC(=O)c1ccc2nc(C)c(C)nc2c1. The summed E-state index contributed by atoms with van der Waals surface area (Å²) in [7, 11) is 0. The smallest absolute Gasteiger partial charge is 0.338 e. The average Bonchev–Trinajstić information content (AvgIpc) is 2.58. The number of amides is 1. The number of nitrogens with zero attached hydrogens (tertiary/aromatic N) is 2. The molecule has 1 heterocycles. The lowest BCUT2D eigenvalue weighted by Crippen LogP contribution is -2.36. The van der Waals surface area contributed by atoms with Gasteiger partial charge in [-0.25, -0.2) is 14.8 Å². The standard InChI is InChI=1S/C18H23N3O3/c1-5-14(6-2)21-17(22)10-24-18(23)13-7-8-15-16(9-13)20-12(4)11(3)19-15/h7-9,14H,5-6,10H2,1-4H3,(H,21,22). The van der Waals surface area contributed by atoms with Crippen LogP contribution in [0.3, 0.4) is 0 Å². The first kappa shape index (κ1) is 17.8. The minimum absolute atomic E-state index is 0.110. The van der Waals surface area contributed by atoms with Gasteiger partial charge in [0, 0.05) is 6.04 Å². The van der Waals surface area contributed by atoms with Crippen LogP contribution < -0.4 is 5.32 Å². The van der Waals surface area contributed by atoms with Crippen LogP contribution in [-0.4, -0.2) is 34.5 Å². The van der Waals surface area contributed by atoms with Crippen LogP contribution in [0.25, 0.3) is 11.0 Å². The van der Waals surface area contributed by atoms with E-state index < -0.39 is 5.97 Å². The molecule has 0 aliphatic heterocycles. The lowest BCUT2D eigenvalue weighted by atomic mass is 10.2. The fourth-order valence-corrected chi connectivity index (χ4v) is 2.33. The molecule has 24 heavy (non-hydrogen) atoms. The van der Waals surface area contributed by atoms with E-state index in [1.54, 1.807) is 18.2 Å². The molecule has 128 valence electrons. The van der Waals surface area contributed by atoms with Crippen LogP contribution in [0, 0.1) is 13.8 Å². The number of rotatable bonds is 6. The third-order valence-corrected chi connectivity index (χ3v) is 4.00. The van der Waals surface area contributed by atoms with Crippen LogP contribution in [0.2, 0.25) is 0 Å². The van der Waals surface area contributed by atoms with E-state index in [1.807, 2.05) is 27.7 Å². The Morgan fingerprint density at radius 1 is 1.08 bits per heavy atom. The molecule has 0 aliphatic carbocycles. The van der Waals surface area contributed by atoms with E-state index in [4.69, 9.17) is 4.74 Å². The molecule has 0 bridgehead atoms. The summed E-state index contributed by atoms with van der Waals surface area (Å²) in [6.45, 7) is 7.48. The van der Waals surface area contributed by atoms with Crippen molar-refractivity contribution in [3.05, 3.63) is 35.2 Å². The largest absolute Gasteiger partial charge is 0.452 e. The van der Waals surface area contributed by atoms with Gasteiger partial charge in [0.2, 0.25) is 0 Å². The number of nitrogens with one attached hydrogen (secondary N) is 1. The van der Waals surface area contributed by atoms with Gasteiger partial charge in [0.1, 0.15) is 0 Å². The molecule has 2 rings (SSSR count). The van der Waals surface area contributed by atoms with E-state index in [1.165, 1.54) is 0 Å². The van der Waals surface area contributed by atoms with Crippen molar-refractivity contribution in [1.29, 1.82) is 0 Å². The molecule has 1 N–H and O–H groups in total. The van der Waals surface area contributed by atoms with E-state index in [0.29, 0.717) is 11.1 Å². The normalized spacial score (nSPS) is 10.9. The van der Waals surface area contributed by atoms with Crippen molar-refractivity contribution in [1.82, 2.24) is 15.3 Å². The predicted octanol–water partition coefficient (Wildman–Crippen LogP) is 2.71. The van der Waals surface area contributed by atoms with Gasteiger partial charge >= 0.3 is 5.97 Å². The number of carbonyl (C=O) groups excluding carboxylic acids is 2. The van der Waals surface area contributed by atoms with Gasteiger partial charge in [-0.05, 0) is 44.9 Å². The van der Waals surface area contributed by atoms with Crippen LogP contribution in [0.15, 0.2) is 18.2 Å². The van der Waals surface area contributed by atoms with Crippen LogP contribution >= 0.6 is 0 Å². The molecule has 0 aliphatic rings. The molecule has 0 atom stereocenters. The predicted molar refractivity (Wildman–Crippen MR) is 91.8 cm³/mol. The van der Waals surface area contributed by atoms with Gasteiger partial charge in [0.05, 0.1) is 28.0 Å². The highest BCUT2D eigenvalue weighted by atomic mass is 16.5. The molecule has 1 aromatic heterocycles. The second-order valence-electron chi connectivity index (χ2n) is 5.75. The van der Waals surface area contributed by atoms with Crippen molar-refractivity contribution in [2.24, 2.45) is 0 Å². The van der Waals surface area contributed by atoms with E-state index >= 15 is 0 Å². The first-order valence-electron chi connectivity index (χ1n) is 8.16. The number of fused-ring (bicyclic) bond motifs is 1. The molecular formula is C18H23N3O3. The highest BCUT2D eigenvalue weighted by Gasteiger charge is 2.14. The maximum atomic E-state index is 12.1. The van der Waals surface area contributed by atoms with Crippen molar-refractivity contribution in [3.8, 4) is 0 Å². The Morgan fingerprint density at radius 2 is 1.71 bits per heavy atom. The first-order valence-corrected chi connectivity index (χ1v) is 8.16. The summed E-state index contributed by atoms with van der Waals surface area (Å²) in [4.78, 5) is 32.8. The topological polar surface area (TPSA) is 81.2 Å². The van der Waals surface area contributed by atoms with Crippen molar-refractivity contribution in [2.45, 2.75) is 46.6 Å². The van der Waals surface area contributed by atoms with Crippen molar-refractivity contribution in [3.63, 3.8) is 0 Å². The van der Waals surface area contributed by atoms with Gasteiger partial charge in [-0.2, -0.15) is 0 Å². The second-order valence-corrected chi connectivity index (χ2v) is 5.75. The summed E-state index contributed by atoms with van der Waals surface area (Å²) in [5.74, 6) is -0.833. The molecule has 6 heteroatoms. The second kappa shape index (κ2) is 7.86. The minimum atomic E-state index is -0.545. The van der Waals surface area contributed by atoms with Crippen LogP contribution in [0.1, 0.15) is 48.4 Å². The number of aryl methyl sites for hydroxylation is 2. The number of esters is 1. The summed E-state index contributed by atoms with van der Waals surface area (Å²) in [6.07, 6.45) is 1.69. The Bertz CT molecular complexity index is 755. The van der Waals surface area contributed by atoms with E-state index in [0.717, 1.165) is 29.7 Å². The molecule has 0 spiro atoms. The Balaban J connectivity index is 2.03. The zero-order chi connectivity index (χ0) is 17.7. The molecular weight excluding hydrogens is 306 g/mol. The van der Waals surface area contributed by atoms with Gasteiger partial charge in [-0.1, -0.05) is 13.8 Å². The summed E-state index contributed by atoms with van der Waals surface area (Å²) < 4.78 is 5.08. The van der Waals surface area contributed by atoms with Crippen molar-refractivity contribution < 1.29 is 14.3 Å². The molecule has 0 unspecified atom stereocenters. The summed E-state index contributed by atoms with van der Waals surface area (Å²) in [5.41, 5.74) is 3.39. The van der Waals surface area contributed by atoms with Gasteiger partial charge in [-0.15, -0.1) is 0 Å². The molecule has 0 fully saturated rings. The van der Waals surface area contributed by atoms with Crippen LogP contribution in [0.4, 0.5) is 0 Å². The monoisotopic (exact) mass is 329 g/mol. The summed E-state index contributed by atoms with van der Waals surface area (Å²) in [6, 6.07) is 5.11. The third-order valence-electron chi connectivity index (χ3n) is 4.00. The quantitative estimate of drug-likeness (QED) is 0.824. The van der Waals surface area contributed by atoms with E-state index in [-0.39, 0.29) is 18.6 Å². The number of aromatic nitrogens is 2. The number of hydrogen-bond donors (Lipinski definition) is 1. The van der Waals surface area contributed by atoms with Gasteiger partial charge in [-0.3, -0.25) is 4.79 Å². The zero-order valence-corrected chi connectivity index (χ0v) is 14.5. The van der Waals surface area contributed by atoms with Crippen molar-refractivity contribution >= 4 is 22.9 Å². The Morgan fingerprint density at radius 3 is 2.33 bits per heavy atom. The number of carbonyl (C=O) groups is 2. The van der Waals surface area contributed by atoms with Crippen molar-refractivity contribution in [2.75, 3.05) is 6.61 Å². The van der Waals surface area contributed by atoms with E-state index in [2.05, 4.69) is 15.3 Å². The molecule has 1 aromatic carbocycles. The highest BCUT2D eigenvalue weighted by molar-refractivity contribution is 5.94. The van der Waals surface area contributed by atoms with E-state index in [9.17, 15) is 9.59 Å². The van der Waals surface area contributed by atoms with Crippen LogP contribution in [-0.2, 0) is 9.53 Å². The number of ether oxygens (including phenoxy) is 1. The van der Waals surface area contributed by atoms with Gasteiger partial charge in [0.15, 0.2) is 6.61 Å². The van der Waals surface area contributed by atoms with Gasteiger partial charge in [0.25, 0.3) is 5.91 Å². The molecule has 1 amide bonds. The molecule has 6 nitrogen and oxygen atoms in total. The first-order chi connectivity index (χ1) is 11.4. The van der Waals surface area contributed by atoms with Crippen LogP contribution in [0.5, 0.6) is 0 Å². The molecule has 0 radical (unpaired) electrons. The molecule has 0 saturated heterocycles. The Labute approximate surface area is 141 Å². The lowest BCUT2D eigenvalue weighted by molar-refractivity contribution is -0.125. The zero-order valence-electron chi connectivity index (χ0n) is 14.5. The number of benzene rings is 1. The average molecular weight is 329 g/mol. The maximum Gasteiger partial charge on any atom is 0.338 e. The highest BCUT2D eigenvalue weighted by Crippen LogP contribution is 2.15. The lowest BCUT2D eigenvalue weighted by Gasteiger charge is -2.14. The summed E-state index contributed by atoms with van der Waals surface area (Å²) in [5, 5.41) is 2.83.